The Morgan fingerprint density at radius 2 is 2.33 bits per heavy atom. The Morgan fingerprint density at radius 3 is 2.94 bits per heavy atom. The smallest absolute Gasteiger partial charge is 0.262 e. The van der Waals surface area contributed by atoms with Crippen molar-refractivity contribution in [3.63, 3.8) is 0 Å². The van der Waals surface area contributed by atoms with Crippen LogP contribution in [0.15, 0.2) is 23.4 Å². The van der Waals surface area contributed by atoms with Crippen LogP contribution in [0.5, 0.6) is 0 Å². The van der Waals surface area contributed by atoms with Crippen LogP contribution in [0.3, 0.4) is 0 Å². The molecular formula is C10H9ClN4O2S. The molecule has 0 bridgehead atoms. The lowest BCUT2D eigenvalue weighted by molar-refractivity contribution is -0.384. The predicted molar refractivity (Wildman–Crippen MR) is 68.8 cm³/mol. The lowest BCUT2D eigenvalue weighted by Gasteiger charge is -2.00. The number of nitro benzene ring substituents is 1. The first-order valence-corrected chi connectivity index (χ1v) is 6.37. The molecule has 1 aromatic heterocycles. The summed E-state index contributed by atoms with van der Waals surface area (Å²) in [5.41, 5.74) is 0.722. The first-order chi connectivity index (χ1) is 8.56. The van der Waals surface area contributed by atoms with Crippen LogP contribution in [-0.4, -0.2) is 20.1 Å². The zero-order valence-corrected chi connectivity index (χ0v) is 11.0. The third-order valence-corrected chi connectivity index (χ3v) is 3.39. The van der Waals surface area contributed by atoms with Crippen LogP contribution in [-0.2, 0) is 5.75 Å². The van der Waals surface area contributed by atoms with Crippen molar-refractivity contribution in [1.29, 1.82) is 0 Å². The van der Waals surface area contributed by atoms with Crippen LogP contribution in [0.25, 0.3) is 0 Å². The van der Waals surface area contributed by atoms with Gasteiger partial charge in [0.2, 0.25) is 5.16 Å². The van der Waals surface area contributed by atoms with Crippen molar-refractivity contribution in [3.05, 3.63) is 44.7 Å². The Kier molecular flexibility index (Phi) is 3.83. The zero-order chi connectivity index (χ0) is 13.1. The van der Waals surface area contributed by atoms with E-state index in [0.29, 0.717) is 10.9 Å². The third-order valence-electron chi connectivity index (χ3n) is 2.15. The molecular weight excluding hydrogens is 276 g/mol. The fourth-order valence-corrected chi connectivity index (χ4v) is 2.30. The maximum absolute atomic E-state index is 10.7. The van der Waals surface area contributed by atoms with Crippen LogP contribution in [0.2, 0.25) is 5.02 Å². The summed E-state index contributed by atoms with van der Waals surface area (Å²) in [6, 6.07) is 4.75. The van der Waals surface area contributed by atoms with Crippen molar-refractivity contribution in [3.8, 4) is 0 Å². The molecule has 1 heterocycles. The molecule has 0 saturated carbocycles. The highest BCUT2D eigenvalue weighted by molar-refractivity contribution is 7.98. The molecule has 0 amide bonds. The van der Waals surface area contributed by atoms with Crippen molar-refractivity contribution < 1.29 is 4.92 Å². The van der Waals surface area contributed by atoms with E-state index in [-0.39, 0.29) is 10.7 Å². The van der Waals surface area contributed by atoms with Crippen molar-refractivity contribution in [2.24, 2.45) is 0 Å². The second-order valence-corrected chi connectivity index (χ2v) is 4.88. The molecule has 0 aliphatic carbocycles. The molecule has 0 spiro atoms. The second kappa shape index (κ2) is 5.36. The molecule has 1 aromatic carbocycles. The number of halogens is 1. The van der Waals surface area contributed by atoms with Crippen LogP contribution < -0.4 is 0 Å². The average Bonchev–Trinajstić information content (AvgIpc) is 2.74. The highest BCUT2D eigenvalue weighted by Gasteiger charge is 2.13. The van der Waals surface area contributed by atoms with Gasteiger partial charge in [-0.1, -0.05) is 29.4 Å². The number of H-pyrrole nitrogens is 1. The summed E-state index contributed by atoms with van der Waals surface area (Å²) < 4.78 is 0. The van der Waals surface area contributed by atoms with E-state index in [4.69, 9.17) is 11.6 Å². The maximum Gasteiger partial charge on any atom is 0.288 e. The van der Waals surface area contributed by atoms with Gasteiger partial charge in [-0.15, -0.1) is 5.10 Å². The molecule has 18 heavy (non-hydrogen) atoms. The van der Waals surface area contributed by atoms with Crippen LogP contribution in [0.1, 0.15) is 11.4 Å². The maximum atomic E-state index is 10.7. The summed E-state index contributed by atoms with van der Waals surface area (Å²) in [4.78, 5) is 14.4. The van der Waals surface area contributed by atoms with Crippen LogP contribution in [0, 0.1) is 17.0 Å². The average molecular weight is 285 g/mol. The Morgan fingerprint density at radius 1 is 1.56 bits per heavy atom. The Labute approximate surface area is 112 Å². The minimum Gasteiger partial charge on any atom is -0.262 e. The van der Waals surface area contributed by atoms with E-state index in [9.17, 15) is 10.1 Å². The van der Waals surface area contributed by atoms with E-state index in [1.54, 1.807) is 6.07 Å². The van der Waals surface area contributed by atoms with E-state index in [1.165, 1.54) is 23.9 Å². The largest absolute Gasteiger partial charge is 0.288 e. The van der Waals surface area contributed by atoms with Gasteiger partial charge in [-0.3, -0.25) is 15.2 Å². The van der Waals surface area contributed by atoms with Gasteiger partial charge in [0, 0.05) is 11.8 Å². The van der Waals surface area contributed by atoms with Gasteiger partial charge < -0.3 is 0 Å². The quantitative estimate of drug-likeness (QED) is 0.530. The molecule has 1 N–H and O–H groups in total. The molecule has 94 valence electrons. The number of nitro groups is 1. The summed E-state index contributed by atoms with van der Waals surface area (Å²) in [7, 11) is 0. The van der Waals surface area contributed by atoms with Crippen LogP contribution >= 0.6 is 23.4 Å². The molecule has 8 heteroatoms. The minimum absolute atomic E-state index is 0.0825. The van der Waals surface area contributed by atoms with Gasteiger partial charge in [-0.05, 0) is 18.6 Å². The lowest BCUT2D eigenvalue weighted by atomic mass is 10.2. The number of aromatic nitrogens is 3. The molecule has 2 rings (SSSR count). The van der Waals surface area contributed by atoms with Crippen LogP contribution in [0.4, 0.5) is 5.69 Å². The molecule has 2 aromatic rings. The summed E-state index contributed by atoms with van der Waals surface area (Å²) in [6.07, 6.45) is 0. The van der Waals surface area contributed by atoms with Gasteiger partial charge in [0.1, 0.15) is 10.8 Å². The topological polar surface area (TPSA) is 84.7 Å². The van der Waals surface area contributed by atoms with Crippen molar-refractivity contribution in [2.75, 3.05) is 0 Å². The summed E-state index contributed by atoms with van der Waals surface area (Å²) in [6.45, 7) is 1.81. The number of hydrogen-bond donors (Lipinski definition) is 1. The first kappa shape index (κ1) is 12.8. The van der Waals surface area contributed by atoms with E-state index in [1.807, 2.05) is 6.92 Å². The molecule has 0 unspecified atom stereocenters. The molecule has 0 atom stereocenters. The van der Waals surface area contributed by atoms with Gasteiger partial charge in [0.15, 0.2) is 0 Å². The molecule has 0 aliphatic heterocycles. The minimum atomic E-state index is -0.493. The van der Waals surface area contributed by atoms with E-state index in [0.717, 1.165) is 11.4 Å². The monoisotopic (exact) mass is 284 g/mol. The standard InChI is InChI=1S/C10H9ClN4O2S/c1-6-12-10(14-13-6)18-5-7-2-3-8(11)9(4-7)15(16)17/h2-4H,5H2,1H3,(H,12,13,14). The summed E-state index contributed by atoms with van der Waals surface area (Å²) in [5, 5.41) is 18.2. The number of aryl methyl sites for hydroxylation is 1. The number of rotatable bonds is 4. The summed E-state index contributed by atoms with van der Waals surface area (Å²) in [5.74, 6) is 1.29. The SMILES string of the molecule is Cc1nc(SCc2ccc(Cl)c([N+](=O)[O-])c2)n[nH]1. The number of nitrogens with one attached hydrogen (secondary N) is 1. The first-order valence-electron chi connectivity index (χ1n) is 5.01. The predicted octanol–water partition coefficient (Wildman–Crippen LogP) is 2.97. The van der Waals surface area contributed by atoms with E-state index in [2.05, 4.69) is 15.2 Å². The Hall–Kier alpha value is -1.60. The van der Waals surface area contributed by atoms with Gasteiger partial charge in [0.05, 0.1) is 4.92 Å². The number of nitrogens with zero attached hydrogens (tertiary/aromatic N) is 3. The lowest BCUT2D eigenvalue weighted by Crippen LogP contribution is -1.91. The molecule has 0 aliphatic rings. The highest BCUT2D eigenvalue weighted by atomic mass is 35.5. The summed E-state index contributed by atoms with van der Waals surface area (Å²) >= 11 is 7.14. The van der Waals surface area contributed by atoms with Gasteiger partial charge in [0.25, 0.3) is 5.69 Å². The van der Waals surface area contributed by atoms with Gasteiger partial charge in [-0.25, -0.2) is 4.98 Å². The number of thioether (sulfide) groups is 1. The van der Waals surface area contributed by atoms with E-state index >= 15 is 0 Å². The third kappa shape index (κ3) is 2.99. The van der Waals surface area contributed by atoms with Gasteiger partial charge in [-0.2, -0.15) is 0 Å². The number of hydrogen-bond acceptors (Lipinski definition) is 5. The second-order valence-electron chi connectivity index (χ2n) is 3.53. The van der Waals surface area contributed by atoms with Crippen molar-refractivity contribution >= 4 is 29.1 Å². The fourth-order valence-electron chi connectivity index (χ4n) is 1.32. The highest BCUT2D eigenvalue weighted by Crippen LogP contribution is 2.27. The Bertz CT molecular complexity index is 587. The molecule has 6 nitrogen and oxygen atoms in total. The molecule has 0 fully saturated rings. The van der Waals surface area contributed by atoms with Crippen molar-refractivity contribution in [1.82, 2.24) is 15.2 Å². The van der Waals surface area contributed by atoms with Crippen molar-refractivity contribution in [2.45, 2.75) is 17.8 Å². The number of benzene rings is 1. The Balaban J connectivity index is 2.10. The van der Waals surface area contributed by atoms with Gasteiger partial charge >= 0.3 is 0 Å². The molecule has 0 radical (unpaired) electrons. The molecule has 0 saturated heterocycles. The zero-order valence-electron chi connectivity index (χ0n) is 9.38. The normalized spacial score (nSPS) is 10.6. The number of aromatic amines is 1. The fraction of sp³-hybridized carbons (Fsp3) is 0.200. The van der Waals surface area contributed by atoms with E-state index < -0.39 is 4.92 Å².